The topological polar surface area (TPSA) is 92.6 Å². The number of nitrogens with zero attached hydrogens (tertiary/aromatic N) is 3. The van der Waals surface area contributed by atoms with Gasteiger partial charge in [-0.1, -0.05) is 19.1 Å². The standard InChI is InChI=1S/C18H21N3O4/c1-12(8-13-4-6-14(25-3)7-5-13)11-21(2)17(22)15-9-20-16(10-19-15)18(23)24/h4-7,9-10,12H,8,11H2,1-3H3,(H,23,24). The van der Waals surface area contributed by atoms with Gasteiger partial charge in [-0.05, 0) is 30.0 Å². The number of ether oxygens (including phenoxy) is 1. The lowest BCUT2D eigenvalue weighted by atomic mass is 10.0. The Balaban J connectivity index is 1.93. The van der Waals surface area contributed by atoms with Gasteiger partial charge >= 0.3 is 5.97 Å². The summed E-state index contributed by atoms with van der Waals surface area (Å²) < 4.78 is 5.14. The number of rotatable bonds is 7. The predicted molar refractivity (Wildman–Crippen MR) is 91.8 cm³/mol. The lowest BCUT2D eigenvalue weighted by Crippen LogP contribution is -2.32. The monoisotopic (exact) mass is 343 g/mol. The van der Waals surface area contributed by atoms with E-state index in [9.17, 15) is 9.59 Å². The van der Waals surface area contributed by atoms with E-state index in [1.165, 1.54) is 11.8 Å². The molecule has 1 unspecified atom stereocenters. The van der Waals surface area contributed by atoms with Crippen LogP contribution in [0.15, 0.2) is 36.7 Å². The number of carbonyl (C=O) groups is 2. The Morgan fingerprint density at radius 2 is 1.76 bits per heavy atom. The third-order valence-corrected chi connectivity index (χ3v) is 3.77. The van der Waals surface area contributed by atoms with Gasteiger partial charge in [-0.3, -0.25) is 4.79 Å². The Morgan fingerprint density at radius 1 is 1.16 bits per heavy atom. The molecule has 1 aromatic carbocycles. The molecule has 7 nitrogen and oxygen atoms in total. The number of amides is 1. The summed E-state index contributed by atoms with van der Waals surface area (Å²) in [6.45, 7) is 2.61. The van der Waals surface area contributed by atoms with E-state index in [-0.39, 0.29) is 23.2 Å². The fourth-order valence-corrected chi connectivity index (χ4v) is 2.52. The maximum absolute atomic E-state index is 12.4. The molecule has 0 bridgehead atoms. The van der Waals surface area contributed by atoms with Gasteiger partial charge in [0.2, 0.25) is 0 Å². The lowest BCUT2D eigenvalue weighted by molar-refractivity contribution is 0.0686. The Hall–Kier alpha value is -2.96. The van der Waals surface area contributed by atoms with Crippen molar-refractivity contribution in [2.75, 3.05) is 20.7 Å². The molecule has 25 heavy (non-hydrogen) atoms. The summed E-state index contributed by atoms with van der Waals surface area (Å²) in [6.07, 6.45) is 3.10. The number of carboxylic acids is 1. The number of carbonyl (C=O) groups excluding carboxylic acids is 1. The summed E-state index contributed by atoms with van der Waals surface area (Å²) in [5.41, 5.74) is 1.11. The number of hydrogen-bond acceptors (Lipinski definition) is 5. The molecule has 1 aromatic heterocycles. The second kappa shape index (κ2) is 8.23. The van der Waals surface area contributed by atoms with Crippen molar-refractivity contribution < 1.29 is 19.4 Å². The zero-order valence-electron chi connectivity index (χ0n) is 14.5. The average Bonchev–Trinajstić information content (AvgIpc) is 2.61. The summed E-state index contributed by atoms with van der Waals surface area (Å²) in [5.74, 6) is -0.403. The zero-order valence-corrected chi connectivity index (χ0v) is 14.5. The van der Waals surface area contributed by atoms with Gasteiger partial charge in [0.25, 0.3) is 5.91 Å². The van der Waals surface area contributed by atoms with Gasteiger partial charge in [0.15, 0.2) is 5.69 Å². The first-order chi connectivity index (χ1) is 11.9. The largest absolute Gasteiger partial charge is 0.497 e. The van der Waals surface area contributed by atoms with Gasteiger partial charge in [0, 0.05) is 13.6 Å². The molecule has 0 spiro atoms. The van der Waals surface area contributed by atoms with Gasteiger partial charge in [-0.2, -0.15) is 0 Å². The molecule has 7 heteroatoms. The molecule has 0 aliphatic carbocycles. The number of methoxy groups -OCH3 is 1. The van der Waals surface area contributed by atoms with E-state index in [2.05, 4.69) is 16.9 Å². The van der Waals surface area contributed by atoms with Crippen molar-refractivity contribution >= 4 is 11.9 Å². The van der Waals surface area contributed by atoms with Crippen molar-refractivity contribution in [3.05, 3.63) is 53.6 Å². The Kier molecular flexibility index (Phi) is 6.05. The Labute approximate surface area is 146 Å². The van der Waals surface area contributed by atoms with Crippen LogP contribution in [0.2, 0.25) is 0 Å². The molecular weight excluding hydrogens is 322 g/mol. The van der Waals surface area contributed by atoms with Crippen molar-refractivity contribution in [2.24, 2.45) is 5.92 Å². The van der Waals surface area contributed by atoms with E-state index in [0.717, 1.165) is 18.4 Å². The van der Waals surface area contributed by atoms with E-state index in [1.54, 1.807) is 19.1 Å². The van der Waals surface area contributed by atoms with Gasteiger partial charge in [-0.25, -0.2) is 14.8 Å². The number of carboxylic acid groups (broad SMARTS) is 1. The van der Waals surface area contributed by atoms with E-state index >= 15 is 0 Å². The van der Waals surface area contributed by atoms with E-state index < -0.39 is 5.97 Å². The minimum atomic E-state index is -1.17. The van der Waals surface area contributed by atoms with Crippen LogP contribution in [0, 0.1) is 5.92 Å². The fraction of sp³-hybridized carbons (Fsp3) is 0.333. The highest BCUT2D eigenvalue weighted by atomic mass is 16.5. The first-order valence-electron chi connectivity index (χ1n) is 7.84. The summed E-state index contributed by atoms with van der Waals surface area (Å²) in [7, 11) is 3.32. The van der Waals surface area contributed by atoms with E-state index in [1.807, 2.05) is 24.3 Å². The molecule has 0 radical (unpaired) electrons. The normalized spacial score (nSPS) is 11.6. The molecule has 132 valence electrons. The maximum atomic E-state index is 12.4. The number of hydrogen-bond donors (Lipinski definition) is 1. The predicted octanol–water partition coefficient (Wildman–Crippen LogP) is 2.13. The maximum Gasteiger partial charge on any atom is 0.356 e. The van der Waals surface area contributed by atoms with E-state index in [0.29, 0.717) is 6.54 Å². The second-order valence-corrected chi connectivity index (χ2v) is 5.94. The van der Waals surface area contributed by atoms with E-state index in [4.69, 9.17) is 9.84 Å². The average molecular weight is 343 g/mol. The molecule has 2 aromatic rings. The molecule has 2 rings (SSSR count). The molecule has 1 atom stereocenters. The molecule has 0 saturated carbocycles. The molecule has 0 saturated heterocycles. The molecule has 0 aliphatic rings. The second-order valence-electron chi connectivity index (χ2n) is 5.94. The van der Waals surface area contributed by atoms with Crippen molar-refractivity contribution in [1.82, 2.24) is 14.9 Å². The first kappa shape index (κ1) is 18.4. The summed E-state index contributed by atoms with van der Waals surface area (Å²) >= 11 is 0. The molecular formula is C18H21N3O4. The number of aromatic nitrogens is 2. The van der Waals surface area contributed by atoms with Gasteiger partial charge in [0.1, 0.15) is 11.4 Å². The highest BCUT2D eigenvalue weighted by molar-refractivity contribution is 5.92. The third-order valence-electron chi connectivity index (χ3n) is 3.77. The fourth-order valence-electron chi connectivity index (χ4n) is 2.52. The Morgan fingerprint density at radius 3 is 2.28 bits per heavy atom. The van der Waals surface area contributed by atoms with Crippen LogP contribution in [-0.4, -0.2) is 52.6 Å². The quantitative estimate of drug-likeness (QED) is 0.828. The Bertz CT molecular complexity index is 729. The molecule has 1 amide bonds. The lowest BCUT2D eigenvalue weighted by Gasteiger charge is -2.21. The van der Waals surface area contributed by atoms with Crippen LogP contribution in [0.4, 0.5) is 0 Å². The van der Waals surface area contributed by atoms with Crippen LogP contribution in [0.3, 0.4) is 0 Å². The van der Waals surface area contributed by atoms with Crippen molar-refractivity contribution in [1.29, 1.82) is 0 Å². The van der Waals surface area contributed by atoms with Crippen LogP contribution in [0.5, 0.6) is 5.75 Å². The van der Waals surface area contributed by atoms with Gasteiger partial charge in [-0.15, -0.1) is 0 Å². The van der Waals surface area contributed by atoms with Crippen molar-refractivity contribution in [3.8, 4) is 5.75 Å². The number of benzene rings is 1. The first-order valence-corrected chi connectivity index (χ1v) is 7.84. The number of aromatic carboxylic acids is 1. The summed E-state index contributed by atoms with van der Waals surface area (Å²) in [5, 5.41) is 8.81. The van der Waals surface area contributed by atoms with Crippen molar-refractivity contribution in [3.63, 3.8) is 0 Å². The highest BCUT2D eigenvalue weighted by Crippen LogP contribution is 2.15. The molecule has 0 aliphatic heterocycles. The van der Waals surface area contributed by atoms with Crippen LogP contribution in [-0.2, 0) is 6.42 Å². The zero-order chi connectivity index (χ0) is 18.4. The summed E-state index contributed by atoms with van der Waals surface area (Å²) in [6, 6.07) is 7.84. The minimum Gasteiger partial charge on any atom is -0.497 e. The SMILES string of the molecule is COc1ccc(CC(C)CN(C)C(=O)c2cnc(C(=O)O)cn2)cc1. The van der Waals surface area contributed by atoms with Crippen LogP contribution < -0.4 is 4.74 Å². The highest BCUT2D eigenvalue weighted by Gasteiger charge is 2.17. The van der Waals surface area contributed by atoms with Crippen LogP contribution in [0.1, 0.15) is 33.5 Å². The molecule has 1 N–H and O–H groups in total. The minimum absolute atomic E-state index is 0.129. The van der Waals surface area contributed by atoms with Crippen LogP contribution >= 0.6 is 0 Å². The molecule has 0 fully saturated rings. The molecule has 1 heterocycles. The third kappa shape index (κ3) is 5.00. The van der Waals surface area contributed by atoms with Gasteiger partial charge < -0.3 is 14.7 Å². The van der Waals surface area contributed by atoms with Crippen molar-refractivity contribution in [2.45, 2.75) is 13.3 Å². The smallest absolute Gasteiger partial charge is 0.356 e. The summed E-state index contributed by atoms with van der Waals surface area (Å²) in [4.78, 5) is 32.3. The van der Waals surface area contributed by atoms with Gasteiger partial charge in [0.05, 0.1) is 19.5 Å². The van der Waals surface area contributed by atoms with Crippen LogP contribution in [0.25, 0.3) is 0 Å².